The van der Waals surface area contributed by atoms with Crippen LogP contribution in [-0.2, 0) is 14.4 Å². The molecule has 1 aliphatic rings. The standard InChI is InChI=1S/C26H50N4O6/c1-24(2,10-7-21(31)32)28-15-13-27-14-16-29(25(3,4)11-8-22(33)34)18-20-30(19-17-28)26(5,6)12-9-23(35)36/h27H,7-20H2,1-6H3,(H,31,32)(H,33,34)(H,35,36). The van der Waals surface area contributed by atoms with Crippen LogP contribution in [-0.4, -0.2) is 117 Å². The molecule has 0 bridgehead atoms. The van der Waals surface area contributed by atoms with Crippen molar-refractivity contribution in [2.75, 3.05) is 52.4 Å². The lowest BCUT2D eigenvalue weighted by molar-refractivity contribution is -0.139. The van der Waals surface area contributed by atoms with Crippen molar-refractivity contribution in [2.45, 2.75) is 96.7 Å². The van der Waals surface area contributed by atoms with Gasteiger partial charge in [-0.3, -0.25) is 29.1 Å². The van der Waals surface area contributed by atoms with Crippen LogP contribution in [0.4, 0.5) is 0 Å². The van der Waals surface area contributed by atoms with Crippen molar-refractivity contribution in [3.8, 4) is 0 Å². The molecule has 1 fully saturated rings. The Balaban J connectivity index is 3.13. The van der Waals surface area contributed by atoms with Crippen LogP contribution in [0.5, 0.6) is 0 Å². The van der Waals surface area contributed by atoms with Gasteiger partial charge in [-0.05, 0) is 60.8 Å². The van der Waals surface area contributed by atoms with Crippen LogP contribution in [0.25, 0.3) is 0 Å². The molecule has 1 saturated heterocycles. The fourth-order valence-corrected chi connectivity index (χ4v) is 4.90. The van der Waals surface area contributed by atoms with Gasteiger partial charge >= 0.3 is 17.9 Å². The van der Waals surface area contributed by atoms with E-state index < -0.39 is 17.9 Å². The van der Waals surface area contributed by atoms with Gasteiger partial charge in [-0.2, -0.15) is 0 Å². The van der Waals surface area contributed by atoms with Crippen molar-refractivity contribution in [1.29, 1.82) is 0 Å². The van der Waals surface area contributed by atoms with Crippen molar-refractivity contribution in [3.63, 3.8) is 0 Å². The minimum absolute atomic E-state index is 0.0923. The fraction of sp³-hybridized carbons (Fsp3) is 0.885. The number of aliphatic carboxylic acids is 3. The highest BCUT2D eigenvalue weighted by Crippen LogP contribution is 2.26. The summed E-state index contributed by atoms with van der Waals surface area (Å²) in [4.78, 5) is 40.8. The number of nitrogens with zero attached hydrogens (tertiary/aromatic N) is 3. The van der Waals surface area contributed by atoms with E-state index in [0.717, 1.165) is 52.4 Å². The first-order valence-electron chi connectivity index (χ1n) is 13.2. The van der Waals surface area contributed by atoms with Gasteiger partial charge in [0.1, 0.15) is 0 Å². The lowest BCUT2D eigenvalue weighted by Gasteiger charge is -2.46. The van der Waals surface area contributed by atoms with Crippen molar-refractivity contribution >= 4 is 17.9 Å². The molecule has 0 aromatic carbocycles. The number of carboxylic acid groups (broad SMARTS) is 3. The van der Waals surface area contributed by atoms with Crippen LogP contribution >= 0.6 is 0 Å². The van der Waals surface area contributed by atoms with Gasteiger partial charge in [0.25, 0.3) is 0 Å². The first-order chi connectivity index (χ1) is 16.6. The molecule has 1 rings (SSSR count). The lowest BCUT2D eigenvalue weighted by Crippen LogP contribution is -2.57. The molecule has 0 radical (unpaired) electrons. The normalized spacial score (nSPS) is 18.8. The summed E-state index contributed by atoms with van der Waals surface area (Å²) in [6, 6.07) is 0. The molecular formula is C26H50N4O6. The van der Waals surface area contributed by atoms with Gasteiger partial charge in [0.2, 0.25) is 0 Å². The summed E-state index contributed by atoms with van der Waals surface area (Å²) >= 11 is 0. The van der Waals surface area contributed by atoms with Gasteiger partial charge in [-0.25, -0.2) is 0 Å². The van der Waals surface area contributed by atoms with Gasteiger partial charge < -0.3 is 20.6 Å². The van der Waals surface area contributed by atoms with E-state index in [1.54, 1.807) is 0 Å². The first kappa shape index (κ1) is 32.3. The molecule has 0 aromatic rings. The number of rotatable bonds is 12. The Morgan fingerprint density at radius 2 is 0.806 bits per heavy atom. The van der Waals surface area contributed by atoms with Gasteiger partial charge in [0.05, 0.1) is 0 Å². The third-order valence-corrected chi connectivity index (χ3v) is 7.82. The van der Waals surface area contributed by atoms with E-state index in [2.05, 4.69) is 61.6 Å². The van der Waals surface area contributed by atoms with Crippen LogP contribution in [0, 0.1) is 0 Å². The Labute approximate surface area is 217 Å². The highest BCUT2D eigenvalue weighted by molar-refractivity contribution is 5.67. The second kappa shape index (κ2) is 14.3. The van der Waals surface area contributed by atoms with E-state index in [9.17, 15) is 29.7 Å². The predicted molar refractivity (Wildman–Crippen MR) is 140 cm³/mol. The first-order valence-corrected chi connectivity index (χ1v) is 13.2. The molecule has 0 aromatic heterocycles. The summed E-state index contributed by atoms with van der Waals surface area (Å²) in [6.45, 7) is 18.6. The number of carbonyl (C=O) groups is 3. The highest BCUT2D eigenvalue weighted by atomic mass is 16.4. The van der Waals surface area contributed by atoms with Crippen LogP contribution in [0.3, 0.4) is 0 Å². The number of hydrogen-bond acceptors (Lipinski definition) is 7. The molecule has 0 amide bonds. The van der Waals surface area contributed by atoms with E-state index in [1.807, 2.05) is 0 Å². The monoisotopic (exact) mass is 514 g/mol. The lowest BCUT2D eigenvalue weighted by atomic mass is 9.93. The molecule has 0 saturated carbocycles. The van der Waals surface area contributed by atoms with E-state index in [4.69, 9.17) is 0 Å². The molecule has 0 atom stereocenters. The van der Waals surface area contributed by atoms with Gasteiger partial charge in [0, 0.05) is 88.2 Å². The van der Waals surface area contributed by atoms with Gasteiger partial charge in [0.15, 0.2) is 0 Å². The second-order valence-corrected chi connectivity index (χ2v) is 11.8. The molecule has 10 nitrogen and oxygen atoms in total. The zero-order chi connectivity index (χ0) is 27.6. The number of hydrogen-bond donors (Lipinski definition) is 4. The Morgan fingerprint density at radius 1 is 0.556 bits per heavy atom. The van der Waals surface area contributed by atoms with Crippen molar-refractivity contribution in [3.05, 3.63) is 0 Å². The van der Waals surface area contributed by atoms with Crippen LogP contribution in [0.2, 0.25) is 0 Å². The largest absolute Gasteiger partial charge is 0.481 e. The Hall–Kier alpha value is -1.75. The molecule has 0 unspecified atom stereocenters. The SMILES string of the molecule is CC(C)(CCC(=O)O)N1CCNCCN(C(C)(C)CCC(=O)O)CCN(C(C)(C)CCC(=O)O)CC1. The molecule has 210 valence electrons. The minimum atomic E-state index is -0.809. The topological polar surface area (TPSA) is 134 Å². The summed E-state index contributed by atoms with van der Waals surface area (Å²) in [5, 5.41) is 31.2. The maximum atomic E-state index is 11.3. The minimum Gasteiger partial charge on any atom is -0.481 e. The smallest absolute Gasteiger partial charge is 0.303 e. The van der Waals surface area contributed by atoms with Crippen molar-refractivity contribution in [1.82, 2.24) is 20.0 Å². The summed E-state index contributed by atoms with van der Waals surface area (Å²) in [6.07, 6.45) is 1.95. The van der Waals surface area contributed by atoms with Crippen LogP contribution in [0.1, 0.15) is 80.1 Å². The van der Waals surface area contributed by atoms with E-state index in [0.29, 0.717) is 19.3 Å². The van der Waals surface area contributed by atoms with Crippen molar-refractivity contribution < 1.29 is 29.7 Å². The summed E-state index contributed by atoms with van der Waals surface area (Å²) in [5.74, 6) is -2.40. The van der Waals surface area contributed by atoms with E-state index in [-0.39, 0.29) is 35.9 Å². The second-order valence-electron chi connectivity index (χ2n) is 11.8. The molecule has 10 heteroatoms. The summed E-state index contributed by atoms with van der Waals surface area (Å²) in [7, 11) is 0. The molecule has 1 aliphatic heterocycles. The zero-order valence-corrected chi connectivity index (χ0v) is 23.3. The quantitative estimate of drug-likeness (QED) is 0.308. The third-order valence-electron chi connectivity index (χ3n) is 7.82. The van der Waals surface area contributed by atoms with Gasteiger partial charge in [-0.15, -0.1) is 0 Å². The van der Waals surface area contributed by atoms with Gasteiger partial charge in [-0.1, -0.05) is 0 Å². The number of carboxylic acids is 3. The molecular weight excluding hydrogens is 464 g/mol. The summed E-state index contributed by atoms with van der Waals surface area (Å²) in [5.41, 5.74) is -0.910. The molecule has 0 aliphatic carbocycles. The molecule has 36 heavy (non-hydrogen) atoms. The average molecular weight is 515 g/mol. The summed E-state index contributed by atoms with van der Waals surface area (Å²) < 4.78 is 0. The average Bonchev–Trinajstić information content (AvgIpc) is 2.75. The maximum absolute atomic E-state index is 11.3. The number of nitrogens with one attached hydrogen (secondary N) is 1. The Kier molecular flexibility index (Phi) is 12.8. The Bertz CT molecular complexity index is 681. The van der Waals surface area contributed by atoms with Crippen LogP contribution in [0.15, 0.2) is 0 Å². The van der Waals surface area contributed by atoms with Crippen LogP contribution < -0.4 is 5.32 Å². The van der Waals surface area contributed by atoms with Crippen molar-refractivity contribution in [2.24, 2.45) is 0 Å². The maximum Gasteiger partial charge on any atom is 0.303 e. The van der Waals surface area contributed by atoms with E-state index >= 15 is 0 Å². The molecule has 0 spiro atoms. The predicted octanol–water partition coefficient (Wildman–Crippen LogP) is 2.43. The zero-order valence-electron chi connectivity index (χ0n) is 23.3. The molecule has 1 heterocycles. The Morgan fingerprint density at radius 3 is 1.06 bits per heavy atom. The molecule has 4 N–H and O–H groups in total. The fourth-order valence-electron chi connectivity index (χ4n) is 4.90. The third kappa shape index (κ3) is 11.5. The highest BCUT2D eigenvalue weighted by Gasteiger charge is 2.33. The van der Waals surface area contributed by atoms with E-state index in [1.165, 1.54) is 0 Å².